The van der Waals surface area contributed by atoms with Crippen molar-refractivity contribution in [2.75, 3.05) is 18.0 Å². The monoisotopic (exact) mass is 405 g/mol. The van der Waals surface area contributed by atoms with Crippen LogP contribution in [-0.2, 0) is 9.59 Å². The third kappa shape index (κ3) is 3.26. The van der Waals surface area contributed by atoms with Gasteiger partial charge >= 0.3 is 0 Å². The summed E-state index contributed by atoms with van der Waals surface area (Å²) in [6.07, 6.45) is 3.02. The van der Waals surface area contributed by atoms with Gasteiger partial charge in [-0.2, -0.15) is 0 Å². The van der Waals surface area contributed by atoms with Crippen LogP contribution < -0.4 is 4.90 Å². The van der Waals surface area contributed by atoms with E-state index in [1.807, 2.05) is 30.9 Å². The molecule has 0 unspecified atom stereocenters. The lowest BCUT2D eigenvalue weighted by Gasteiger charge is -2.29. The van der Waals surface area contributed by atoms with Crippen LogP contribution in [0, 0.1) is 24.0 Å². The van der Waals surface area contributed by atoms with E-state index in [4.69, 9.17) is 0 Å². The van der Waals surface area contributed by atoms with Gasteiger partial charge in [-0.1, -0.05) is 12.1 Å². The zero-order valence-electron chi connectivity index (χ0n) is 17.1. The number of non-ortho nitro benzene ring substituents is 1. The summed E-state index contributed by atoms with van der Waals surface area (Å²) in [5.74, 6) is -0.716. The Morgan fingerprint density at radius 1 is 0.900 bits per heavy atom. The van der Waals surface area contributed by atoms with Crippen molar-refractivity contribution in [3.63, 3.8) is 0 Å². The average Bonchev–Trinajstić information content (AvgIpc) is 3.01. The maximum Gasteiger partial charge on any atom is 0.282 e. The molecule has 2 aliphatic rings. The number of likely N-dealkylation sites (tertiary alicyclic amines) is 1. The first-order valence-corrected chi connectivity index (χ1v) is 10.1. The lowest BCUT2D eigenvalue weighted by atomic mass is 10.0. The van der Waals surface area contributed by atoms with Crippen molar-refractivity contribution < 1.29 is 14.5 Å². The molecule has 1 saturated heterocycles. The average molecular weight is 405 g/mol. The number of rotatable bonds is 4. The molecule has 30 heavy (non-hydrogen) atoms. The molecule has 0 spiro atoms. The summed E-state index contributed by atoms with van der Waals surface area (Å²) >= 11 is 0. The van der Waals surface area contributed by atoms with Crippen LogP contribution in [-0.4, -0.2) is 34.7 Å². The van der Waals surface area contributed by atoms with Crippen LogP contribution in [0.25, 0.3) is 5.57 Å². The molecule has 2 amide bonds. The van der Waals surface area contributed by atoms with Gasteiger partial charge in [-0.25, -0.2) is 4.90 Å². The second-order valence-electron chi connectivity index (χ2n) is 7.74. The molecule has 0 bridgehead atoms. The number of amides is 2. The third-order valence-corrected chi connectivity index (χ3v) is 5.92. The second-order valence-corrected chi connectivity index (χ2v) is 7.74. The predicted molar refractivity (Wildman–Crippen MR) is 114 cm³/mol. The van der Waals surface area contributed by atoms with Gasteiger partial charge < -0.3 is 4.90 Å². The fraction of sp³-hybridized carbons (Fsp3) is 0.304. The van der Waals surface area contributed by atoms with E-state index >= 15 is 0 Å². The zero-order valence-corrected chi connectivity index (χ0v) is 17.1. The number of hydrogen-bond donors (Lipinski definition) is 0. The van der Waals surface area contributed by atoms with Crippen molar-refractivity contribution in [3.8, 4) is 0 Å². The molecule has 0 atom stereocenters. The number of benzene rings is 2. The van der Waals surface area contributed by atoms with Crippen LogP contribution in [0.5, 0.6) is 0 Å². The Labute approximate surface area is 174 Å². The number of anilines is 1. The normalized spacial score (nSPS) is 17.1. The topological polar surface area (TPSA) is 83.8 Å². The van der Waals surface area contributed by atoms with Gasteiger partial charge in [0.15, 0.2) is 0 Å². The first-order valence-electron chi connectivity index (χ1n) is 10.1. The molecular weight excluding hydrogens is 382 g/mol. The summed E-state index contributed by atoms with van der Waals surface area (Å²) in [5.41, 5.74) is 3.64. The Morgan fingerprint density at radius 3 is 2.20 bits per heavy atom. The number of piperidine rings is 1. The van der Waals surface area contributed by atoms with Crippen molar-refractivity contribution in [1.82, 2.24) is 4.90 Å². The molecule has 0 radical (unpaired) electrons. The van der Waals surface area contributed by atoms with E-state index in [2.05, 4.69) is 0 Å². The fourth-order valence-corrected chi connectivity index (χ4v) is 4.14. The molecule has 154 valence electrons. The predicted octanol–water partition coefficient (Wildman–Crippen LogP) is 3.98. The number of imide groups is 1. The molecular formula is C23H23N3O4. The molecule has 2 aromatic rings. The van der Waals surface area contributed by atoms with Crippen LogP contribution in [0.4, 0.5) is 11.4 Å². The van der Waals surface area contributed by atoms with E-state index in [0.717, 1.165) is 30.4 Å². The van der Waals surface area contributed by atoms with Gasteiger partial charge in [0.25, 0.3) is 17.5 Å². The van der Waals surface area contributed by atoms with Crippen molar-refractivity contribution in [3.05, 3.63) is 75.0 Å². The quantitative estimate of drug-likeness (QED) is 0.436. The zero-order chi connectivity index (χ0) is 21.4. The maximum absolute atomic E-state index is 13.5. The Bertz CT molecular complexity index is 1070. The van der Waals surface area contributed by atoms with E-state index < -0.39 is 4.92 Å². The number of carbonyl (C=O) groups excluding carboxylic acids is 2. The molecule has 7 heteroatoms. The minimum absolute atomic E-state index is 0.0537. The van der Waals surface area contributed by atoms with Gasteiger partial charge in [0.1, 0.15) is 5.70 Å². The van der Waals surface area contributed by atoms with Crippen LogP contribution in [0.1, 0.15) is 36.0 Å². The highest BCUT2D eigenvalue weighted by Gasteiger charge is 2.43. The number of aryl methyl sites for hydroxylation is 1. The largest absolute Gasteiger partial charge is 0.366 e. The van der Waals surface area contributed by atoms with Crippen LogP contribution in [0.2, 0.25) is 0 Å². The summed E-state index contributed by atoms with van der Waals surface area (Å²) < 4.78 is 0. The van der Waals surface area contributed by atoms with Gasteiger partial charge in [-0.15, -0.1) is 0 Å². The Hall–Kier alpha value is -3.48. The summed E-state index contributed by atoms with van der Waals surface area (Å²) in [4.78, 5) is 40.9. The van der Waals surface area contributed by atoms with Gasteiger partial charge in [0, 0.05) is 25.2 Å². The molecule has 0 aromatic heterocycles. The Balaban J connectivity index is 1.84. The molecule has 4 rings (SSSR count). The molecule has 2 heterocycles. The third-order valence-electron chi connectivity index (χ3n) is 5.92. The van der Waals surface area contributed by atoms with Crippen LogP contribution >= 0.6 is 0 Å². The SMILES string of the molecule is Cc1cccc(N2C(=O)C(c3ccc([N+](=O)[O-])cc3)=C(N3CCCCC3)C2=O)c1C. The number of hydrogen-bond acceptors (Lipinski definition) is 5. The molecule has 2 aliphatic heterocycles. The molecule has 0 saturated carbocycles. The summed E-state index contributed by atoms with van der Waals surface area (Å²) in [7, 11) is 0. The summed E-state index contributed by atoms with van der Waals surface area (Å²) in [5, 5.41) is 11.0. The number of nitrogens with zero attached hydrogens (tertiary/aromatic N) is 3. The van der Waals surface area contributed by atoms with Crippen molar-refractivity contribution in [2.45, 2.75) is 33.1 Å². The van der Waals surface area contributed by atoms with E-state index in [1.165, 1.54) is 17.0 Å². The van der Waals surface area contributed by atoms with Gasteiger partial charge in [0.2, 0.25) is 0 Å². The molecule has 0 aliphatic carbocycles. The Morgan fingerprint density at radius 2 is 1.57 bits per heavy atom. The number of carbonyl (C=O) groups is 2. The first-order chi connectivity index (χ1) is 14.4. The minimum Gasteiger partial charge on any atom is -0.366 e. The van der Waals surface area contributed by atoms with Gasteiger partial charge in [-0.3, -0.25) is 19.7 Å². The lowest BCUT2D eigenvalue weighted by Crippen LogP contribution is -2.37. The molecule has 2 aromatic carbocycles. The van der Waals surface area contributed by atoms with Gasteiger partial charge in [0.05, 0.1) is 16.2 Å². The highest BCUT2D eigenvalue weighted by molar-refractivity contribution is 6.45. The first kappa shape index (κ1) is 19.8. The maximum atomic E-state index is 13.5. The second kappa shape index (κ2) is 7.74. The fourth-order valence-electron chi connectivity index (χ4n) is 4.14. The minimum atomic E-state index is -0.478. The van der Waals surface area contributed by atoms with Crippen LogP contribution in [0.15, 0.2) is 48.2 Å². The standard InChI is InChI=1S/C23H23N3O4/c1-15-7-6-8-19(16(15)2)25-22(27)20(17-9-11-18(12-10-17)26(29)30)21(23(25)28)24-13-4-3-5-14-24/h6-12H,3-5,13-14H2,1-2H3. The highest BCUT2D eigenvalue weighted by atomic mass is 16.6. The van der Waals surface area contributed by atoms with E-state index in [0.29, 0.717) is 35.6 Å². The van der Waals surface area contributed by atoms with Crippen molar-refractivity contribution >= 4 is 28.8 Å². The summed E-state index contributed by atoms with van der Waals surface area (Å²) in [6.45, 7) is 5.27. The smallest absolute Gasteiger partial charge is 0.282 e. The Kier molecular flexibility index (Phi) is 5.11. The molecule has 1 fully saturated rings. The van der Waals surface area contributed by atoms with Crippen molar-refractivity contribution in [2.24, 2.45) is 0 Å². The number of nitro benzene ring substituents is 1. The summed E-state index contributed by atoms with van der Waals surface area (Å²) in [6, 6.07) is 11.4. The van der Waals surface area contributed by atoms with E-state index in [9.17, 15) is 19.7 Å². The van der Waals surface area contributed by atoms with Crippen LogP contribution in [0.3, 0.4) is 0 Å². The molecule has 0 N–H and O–H groups in total. The van der Waals surface area contributed by atoms with E-state index in [1.54, 1.807) is 18.2 Å². The van der Waals surface area contributed by atoms with Crippen molar-refractivity contribution in [1.29, 1.82) is 0 Å². The highest BCUT2D eigenvalue weighted by Crippen LogP contribution is 2.37. The lowest BCUT2D eigenvalue weighted by molar-refractivity contribution is -0.384. The van der Waals surface area contributed by atoms with Gasteiger partial charge in [-0.05, 0) is 68.0 Å². The number of nitro groups is 1. The molecule has 7 nitrogen and oxygen atoms in total. The van der Waals surface area contributed by atoms with E-state index in [-0.39, 0.29) is 17.5 Å².